The summed E-state index contributed by atoms with van der Waals surface area (Å²) in [7, 11) is 0. The number of nitrogens with one attached hydrogen (secondary N) is 2. The van der Waals surface area contributed by atoms with Crippen LogP contribution in [0.2, 0.25) is 0 Å². The van der Waals surface area contributed by atoms with E-state index in [0.717, 1.165) is 42.5 Å². The number of hydrogen-bond acceptors (Lipinski definition) is 3. The van der Waals surface area contributed by atoms with Crippen LogP contribution in [-0.4, -0.2) is 49.3 Å². The summed E-state index contributed by atoms with van der Waals surface area (Å²) in [6.07, 6.45) is 1.50. The Morgan fingerprint density at radius 2 is 1.84 bits per heavy atom. The molecule has 1 heterocycles. The van der Waals surface area contributed by atoms with Gasteiger partial charge in [-0.2, -0.15) is 0 Å². The Morgan fingerprint density at radius 1 is 1.12 bits per heavy atom. The van der Waals surface area contributed by atoms with Crippen LogP contribution in [0.5, 0.6) is 0 Å². The highest BCUT2D eigenvalue weighted by molar-refractivity contribution is 6.01. The second-order valence-electron chi connectivity index (χ2n) is 6.78. The lowest BCUT2D eigenvalue weighted by atomic mass is 10.1. The molecule has 5 heteroatoms. The molecule has 1 fully saturated rings. The van der Waals surface area contributed by atoms with Gasteiger partial charge in [0.2, 0.25) is 0 Å². The van der Waals surface area contributed by atoms with Crippen molar-refractivity contribution < 1.29 is 9.53 Å². The number of amides is 2. The van der Waals surface area contributed by atoms with Gasteiger partial charge in [0.1, 0.15) is 0 Å². The topological polar surface area (TPSA) is 53.6 Å². The Bertz CT molecular complexity index is 704. The smallest absolute Gasteiger partial charge is 0.319 e. The molecule has 2 aromatic carbocycles. The first-order valence-corrected chi connectivity index (χ1v) is 9.02. The Balaban J connectivity index is 1.44. The lowest BCUT2D eigenvalue weighted by molar-refractivity contribution is -0.0679. The first kappa shape index (κ1) is 17.7. The van der Waals surface area contributed by atoms with E-state index >= 15 is 0 Å². The number of ether oxygens (including phenoxy) is 1. The van der Waals surface area contributed by atoms with Crippen molar-refractivity contribution in [2.45, 2.75) is 32.5 Å². The fourth-order valence-electron chi connectivity index (χ4n) is 3.47. The predicted octanol–water partition coefficient (Wildman–Crippen LogP) is 3.46. The van der Waals surface area contributed by atoms with Crippen LogP contribution in [0, 0.1) is 0 Å². The Kier molecular flexibility index (Phi) is 5.89. The number of carbonyl (C=O) groups is 1. The minimum atomic E-state index is -0.153. The average molecular weight is 341 g/mol. The van der Waals surface area contributed by atoms with Crippen molar-refractivity contribution in [3.8, 4) is 0 Å². The van der Waals surface area contributed by atoms with Crippen LogP contribution in [0.1, 0.15) is 20.3 Å². The zero-order valence-corrected chi connectivity index (χ0v) is 15.0. The highest BCUT2D eigenvalue weighted by atomic mass is 16.5. The van der Waals surface area contributed by atoms with Crippen LogP contribution < -0.4 is 10.6 Å². The maximum atomic E-state index is 12.2. The number of benzene rings is 2. The number of rotatable bonds is 5. The molecule has 2 amide bonds. The molecular weight excluding hydrogens is 314 g/mol. The SMILES string of the molecule is C[C@@H]1CN(CCCNC(=O)Nc2cccc3ccccc23)C[C@@H](C)O1. The zero-order chi connectivity index (χ0) is 17.6. The van der Waals surface area contributed by atoms with Gasteiger partial charge in [-0.05, 0) is 31.7 Å². The van der Waals surface area contributed by atoms with Crippen LogP contribution >= 0.6 is 0 Å². The Labute approximate surface area is 149 Å². The minimum absolute atomic E-state index is 0.153. The number of hydrogen-bond donors (Lipinski definition) is 2. The van der Waals surface area contributed by atoms with E-state index in [4.69, 9.17) is 4.74 Å². The molecule has 0 aliphatic carbocycles. The molecule has 0 aromatic heterocycles. The molecule has 5 nitrogen and oxygen atoms in total. The first-order chi connectivity index (χ1) is 12.1. The minimum Gasteiger partial charge on any atom is -0.373 e. The van der Waals surface area contributed by atoms with Gasteiger partial charge >= 0.3 is 6.03 Å². The molecule has 25 heavy (non-hydrogen) atoms. The molecule has 0 unspecified atom stereocenters. The summed E-state index contributed by atoms with van der Waals surface area (Å²) in [6.45, 7) is 7.79. The fourth-order valence-corrected chi connectivity index (χ4v) is 3.47. The molecular formula is C20H27N3O2. The Hall–Kier alpha value is -2.11. The van der Waals surface area contributed by atoms with Crippen LogP contribution in [0.4, 0.5) is 10.5 Å². The van der Waals surface area contributed by atoms with Crippen molar-refractivity contribution >= 4 is 22.5 Å². The summed E-state index contributed by atoms with van der Waals surface area (Å²) < 4.78 is 5.74. The molecule has 0 spiro atoms. The number of anilines is 1. The quantitative estimate of drug-likeness (QED) is 0.819. The van der Waals surface area contributed by atoms with Gasteiger partial charge in [-0.15, -0.1) is 0 Å². The monoisotopic (exact) mass is 341 g/mol. The average Bonchev–Trinajstić information content (AvgIpc) is 2.58. The lowest BCUT2D eigenvalue weighted by Crippen LogP contribution is -2.46. The molecule has 0 bridgehead atoms. The molecule has 0 saturated carbocycles. The van der Waals surface area contributed by atoms with Crippen LogP contribution in [0.25, 0.3) is 10.8 Å². The molecule has 1 aliphatic rings. The van der Waals surface area contributed by atoms with Gasteiger partial charge in [0.15, 0.2) is 0 Å². The predicted molar refractivity (Wildman–Crippen MR) is 102 cm³/mol. The van der Waals surface area contributed by atoms with Gasteiger partial charge in [-0.1, -0.05) is 36.4 Å². The summed E-state index contributed by atoms with van der Waals surface area (Å²) in [5.41, 5.74) is 0.839. The van der Waals surface area contributed by atoms with Crippen LogP contribution in [-0.2, 0) is 4.74 Å². The first-order valence-electron chi connectivity index (χ1n) is 9.02. The second-order valence-corrected chi connectivity index (χ2v) is 6.78. The number of nitrogens with zero attached hydrogens (tertiary/aromatic N) is 1. The molecule has 2 atom stereocenters. The Morgan fingerprint density at radius 3 is 2.64 bits per heavy atom. The second kappa shape index (κ2) is 8.32. The lowest BCUT2D eigenvalue weighted by Gasteiger charge is -2.35. The van der Waals surface area contributed by atoms with E-state index < -0.39 is 0 Å². The van der Waals surface area contributed by atoms with Gasteiger partial charge < -0.3 is 15.4 Å². The molecule has 2 aromatic rings. The van der Waals surface area contributed by atoms with E-state index in [1.165, 1.54) is 0 Å². The van der Waals surface area contributed by atoms with E-state index in [1.54, 1.807) is 0 Å². The van der Waals surface area contributed by atoms with Crippen LogP contribution in [0.3, 0.4) is 0 Å². The fraction of sp³-hybridized carbons (Fsp3) is 0.450. The highest BCUT2D eigenvalue weighted by Crippen LogP contribution is 2.22. The summed E-state index contributed by atoms with van der Waals surface area (Å²) in [5.74, 6) is 0. The largest absolute Gasteiger partial charge is 0.373 e. The summed E-state index contributed by atoms with van der Waals surface area (Å²) in [6, 6.07) is 13.8. The van der Waals surface area contributed by atoms with Gasteiger partial charge in [-0.3, -0.25) is 4.90 Å². The molecule has 0 radical (unpaired) electrons. The van der Waals surface area contributed by atoms with Gasteiger partial charge in [-0.25, -0.2) is 4.79 Å². The van der Waals surface area contributed by atoms with Crippen molar-refractivity contribution in [3.05, 3.63) is 42.5 Å². The number of urea groups is 1. The van der Waals surface area contributed by atoms with Gasteiger partial charge in [0.25, 0.3) is 0 Å². The number of morpholine rings is 1. The third-order valence-corrected chi connectivity index (χ3v) is 4.47. The third kappa shape index (κ3) is 4.94. The molecule has 134 valence electrons. The van der Waals surface area contributed by atoms with E-state index in [-0.39, 0.29) is 18.2 Å². The molecule has 2 N–H and O–H groups in total. The number of fused-ring (bicyclic) bond motifs is 1. The number of carbonyl (C=O) groups excluding carboxylic acids is 1. The van der Waals surface area contributed by atoms with Crippen molar-refractivity contribution in [3.63, 3.8) is 0 Å². The van der Waals surface area contributed by atoms with E-state index in [2.05, 4.69) is 29.4 Å². The maximum absolute atomic E-state index is 12.2. The van der Waals surface area contributed by atoms with Crippen molar-refractivity contribution in [1.29, 1.82) is 0 Å². The van der Waals surface area contributed by atoms with Crippen molar-refractivity contribution in [2.24, 2.45) is 0 Å². The van der Waals surface area contributed by atoms with E-state index in [1.807, 2.05) is 42.5 Å². The standard InChI is InChI=1S/C20H27N3O2/c1-15-13-23(14-16(2)25-15)12-6-11-21-20(24)22-19-10-5-8-17-7-3-4-9-18(17)19/h3-5,7-10,15-16H,6,11-14H2,1-2H3,(H2,21,22,24)/t15-,16-/m1/s1. The van der Waals surface area contributed by atoms with E-state index in [0.29, 0.717) is 6.54 Å². The zero-order valence-electron chi connectivity index (χ0n) is 15.0. The highest BCUT2D eigenvalue weighted by Gasteiger charge is 2.21. The van der Waals surface area contributed by atoms with Gasteiger partial charge in [0.05, 0.1) is 17.9 Å². The normalized spacial score (nSPS) is 21.2. The maximum Gasteiger partial charge on any atom is 0.319 e. The summed E-state index contributed by atoms with van der Waals surface area (Å²) in [5, 5.41) is 8.08. The van der Waals surface area contributed by atoms with Crippen molar-refractivity contribution in [2.75, 3.05) is 31.5 Å². The van der Waals surface area contributed by atoms with Crippen molar-refractivity contribution in [1.82, 2.24) is 10.2 Å². The summed E-state index contributed by atoms with van der Waals surface area (Å²) >= 11 is 0. The third-order valence-electron chi connectivity index (χ3n) is 4.47. The molecule has 1 aliphatic heterocycles. The van der Waals surface area contributed by atoms with Gasteiger partial charge in [0, 0.05) is 31.6 Å². The summed E-state index contributed by atoms with van der Waals surface area (Å²) in [4.78, 5) is 14.6. The van der Waals surface area contributed by atoms with Crippen LogP contribution in [0.15, 0.2) is 42.5 Å². The van der Waals surface area contributed by atoms with E-state index in [9.17, 15) is 4.79 Å². The molecule has 3 rings (SSSR count). The molecule has 1 saturated heterocycles.